The highest BCUT2D eigenvalue weighted by Gasteiger charge is 2.09. The number of hydrogen-bond donors (Lipinski definition) is 1. The maximum absolute atomic E-state index is 10.5. The van der Waals surface area contributed by atoms with Crippen LogP contribution in [0.15, 0.2) is 16.6 Å². The summed E-state index contributed by atoms with van der Waals surface area (Å²) in [5.41, 5.74) is 0.203. The van der Waals surface area contributed by atoms with E-state index in [0.717, 1.165) is 0 Å². The molecule has 12 heavy (non-hydrogen) atoms. The van der Waals surface area contributed by atoms with Crippen LogP contribution in [0.25, 0.3) is 0 Å². The van der Waals surface area contributed by atoms with Gasteiger partial charge in [0.25, 0.3) is 0 Å². The maximum Gasteiger partial charge on any atom is 0.155 e. The second-order valence-electron chi connectivity index (χ2n) is 2.13. The second-order valence-corrected chi connectivity index (χ2v) is 2.93. The molecule has 4 heteroatoms. The molecule has 0 aliphatic heterocycles. The molecule has 0 saturated heterocycles. The monoisotopic (exact) mass is 230 g/mol. The molecule has 0 unspecified atom stereocenters. The van der Waals surface area contributed by atoms with Crippen molar-refractivity contribution in [3.8, 4) is 11.5 Å². The van der Waals surface area contributed by atoms with Crippen LogP contribution in [0.5, 0.6) is 11.5 Å². The minimum atomic E-state index is -0.0577. The lowest BCUT2D eigenvalue weighted by Crippen LogP contribution is -1.89. The number of ether oxygens (including phenoxy) is 1. The number of carbonyl (C=O) groups excluding carboxylic acids is 1. The highest BCUT2D eigenvalue weighted by Crippen LogP contribution is 2.32. The fraction of sp³-hybridized carbons (Fsp3) is 0.125. The molecule has 3 nitrogen and oxygen atoms in total. The molecular formula is C8H7BrO3. The lowest BCUT2D eigenvalue weighted by atomic mass is 10.2. The Morgan fingerprint density at radius 1 is 1.58 bits per heavy atom. The van der Waals surface area contributed by atoms with Crippen LogP contribution in [0.4, 0.5) is 0 Å². The first-order valence-corrected chi connectivity index (χ1v) is 4.00. The lowest BCUT2D eigenvalue weighted by Gasteiger charge is -2.05. The van der Waals surface area contributed by atoms with E-state index < -0.39 is 0 Å². The lowest BCUT2D eigenvalue weighted by molar-refractivity contribution is 0.112. The molecule has 0 heterocycles. The van der Waals surface area contributed by atoms with Gasteiger partial charge in [-0.05, 0) is 28.1 Å². The van der Waals surface area contributed by atoms with E-state index in [-0.39, 0.29) is 11.3 Å². The van der Waals surface area contributed by atoms with Crippen LogP contribution in [-0.4, -0.2) is 18.5 Å². The average molecular weight is 231 g/mol. The molecule has 0 bridgehead atoms. The van der Waals surface area contributed by atoms with Gasteiger partial charge in [0, 0.05) is 0 Å². The molecular weight excluding hydrogens is 224 g/mol. The minimum absolute atomic E-state index is 0.0577. The molecule has 0 spiro atoms. The van der Waals surface area contributed by atoms with Gasteiger partial charge in [0.1, 0.15) is 11.5 Å². The molecule has 1 rings (SSSR count). The quantitative estimate of drug-likeness (QED) is 0.791. The third-order valence-electron chi connectivity index (χ3n) is 1.46. The third-order valence-corrected chi connectivity index (χ3v) is 2.28. The fourth-order valence-corrected chi connectivity index (χ4v) is 1.42. The standard InChI is InChI=1S/C8H7BrO3/c1-12-7-3-2-6(11)5(4-10)8(7)9/h2-4,11H,1H3. The summed E-state index contributed by atoms with van der Waals surface area (Å²) in [5.74, 6) is 0.465. The van der Waals surface area contributed by atoms with Crippen LogP contribution in [-0.2, 0) is 0 Å². The van der Waals surface area contributed by atoms with E-state index in [9.17, 15) is 9.90 Å². The summed E-state index contributed by atoms with van der Waals surface area (Å²) in [5, 5.41) is 9.19. The van der Waals surface area contributed by atoms with Gasteiger partial charge in [-0.3, -0.25) is 4.79 Å². The van der Waals surface area contributed by atoms with Gasteiger partial charge in [-0.15, -0.1) is 0 Å². The number of aromatic hydroxyl groups is 1. The molecule has 1 aromatic carbocycles. The van der Waals surface area contributed by atoms with Crippen molar-refractivity contribution in [3.05, 3.63) is 22.2 Å². The molecule has 0 radical (unpaired) electrons. The summed E-state index contributed by atoms with van der Waals surface area (Å²) in [7, 11) is 1.49. The second kappa shape index (κ2) is 3.58. The highest BCUT2D eigenvalue weighted by atomic mass is 79.9. The number of phenolic OH excluding ortho intramolecular Hbond substituents is 1. The van der Waals surface area contributed by atoms with Gasteiger partial charge < -0.3 is 9.84 Å². The van der Waals surface area contributed by atoms with Crippen molar-refractivity contribution in [1.29, 1.82) is 0 Å². The molecule has 0 aliphatic rings. The number of phenols is 1. The van der Waals surface area contributed by atoms with Gasteiger partial charge in [-0.25, -0.2) is 0 Å². The van der Waals surface area contributed by atoms with Crippen LogP contribution < -0.4 is 4.74 Å². The Bertz CT molecular complexity index is 309. The molecule has 1 N–H and O–H groups in total. The Labute approximate surface area is 78.1 Å². The summed E-state index contributed by atoms with van der Waals surface area (Å²) >= 11 is 3.14. The molecule has 0 atom stereocenters. The van der Waals surface area contributed by atoms with Crippen molar-refractivity contribution < 1.29 is 14.6 Å². The van der Waals surface area contributed by atoms with Crippen molar-refractivity contribution in [2.45, 2.75) is 0 Å². The number of rotatable bonds is 2. The maximum atomic E-state index is 10.5. The Kier molecular flexibility index (Phi) is 2.70. The van der Waals surface area contributed by atoms with E-state index in [1.165, 1.54) is 13.2 Å². The van der Waals surface area contributed by atoms with Crippen LogP contribution in [0.1, 0.15) is 10.4 Å². The van der Waals surface area contributed by atoms with Crippen LogP contribution >= 0.6 is 15.9 Å². The molecule has 1 aromatic rings. The zero-order chi connectivity index (χ0) is 9.14. The van der Waals surface area contributed by atoms with E-state index in [2.05, 4.69) is 15.9 Å². The summed E-state index contributed by atoms with van der Waals surface area (Å²) in [6.45, 7) is 0. The predicted octanol–water partition coefficient (Wildman–Crippen LogP) is 1.98. The van der Waals surface area contributed by atoms with Gasteiger partial charge in [0.2, 0.25) is 0 Å². The molecule has 0 aromatic heterocycles. The SMILES string of the molecule is COc1ccc(O)c(C=O)c1Br. The first-order chi connectivity index (χ1) is 5.70. The van der Waals surface area contributed by atoms with Crippen LogP contribution in [0.3, 0.4) is 0 Å². The first-order valence-electron chi connectivity index (χ1n) is 3.21. The van der Waals surface area contributed by atoms with E-state index >= 15 is 0 Å². The highest BCUT2D eigenvalue weighted by molar-refractivity contribution is 9.10. The minimum Gasteiger partial charge on any atom is -0.507 e. The van der Waals surface area contributed by atoms with E-state index in [4.69, 9.17) is 4.74 Å². The van der Waals surface area contributed by atoms with Gasteiger partial charge in [-0.2, -0.15) is 0 Å². The largest absolute Gasteiger partial charge is 0.507 e. The number of methoxy groups -OCH3 is 1. The molecule has 0 aliphatic carbocycles. The molecule has 0 saturated carbocycles. The van der Waals surface area contributed by atoms with Crippen molar-refractivity contribution in [2.24, 2.45) is 0 Å². The van der Waals surface area contributed by atoms with Gasteiger partial charge >= 0.3 is 0 Å². The third kappa shape index (κ3) is 1.43. The van der Waals surface area contributed by atoms with Crippen molar-refractivity contribution in [2.75, 3.05) is 7.11 Å². The fourth-order valence-electron chi connectivity index (χ4n) is 0.832. The summed E-state index contributed by atoms with van der Waals surface area (Å²) in [6, 6.07) is 2.99. The normalized spacial score (nSPS) is 9.50. The van der Waals surface area contributed by atoms with E-state index in [1.807, 2.05) is 0 Å². The molecule has 0 amide bonds. The van der Waals surface area contributed by atoms with Crippen molar-refractivity contribution >= 4 is 22.2 Å². The predicted molar refractivity (Wildman–Crippen MR) is 47.7 cm³/mol. The van der Waals surface area contributed by atoms with Crippen LogP contribution in [0.2, 0.25) is 0 Å². The summed E-state index contributed by atoms with van der Waals surface area (Å²) in [4.78, 5) is 10.5. The Balaban J connectivity index is 3.33. The number of halogens is 1. The van der Waals surface area contributed by atoms with E-state index in [1.54, 1.807) is 6.07 Å². The summed E-state index contributed by atoms with van der Waals surface area (Å²) in [6.07, 6.45) is 0.571. The number of hydrogen-bond acceptors (Lipinski definition) is 3. The summed E-state index contributed by atoms with van der Waals surface area (Å²) < 4.78 is 5.40. The smallest absolute Gasteiger partial charge is 0.155 e. The molecule has 0 fully saturated rings. The number of benzene rings is 1. The van der Waals surface area contributed by atoms with Gasteiger partial charge in [0.05, 0.1) is 17.1 Å². The number of aldehydes is 1. The Morgan fingerprint density at radius 2 is 2.25 bits per heavy atom. The van der Waals surface area contributed by atoms with Gasteiger partial charge in [-0.1, -0.05) is 0 Å². The van der Waals surface area contributed by atoms with Crippen molar-refractivity contribution in [3.63, 3.8) is 0 Å². The Hall–Kier alpha value is -1.03. The first kappa shape index (κ1) is 9.06. The Morgan fingerprint density at radius 3 is 2.75 bits per heavy atom. The number of carbonyl (C=O) groups is 1. The topological polar surface area (TPSA) is 46.5 Å². The zero-order valence-electron chi connectivity index (χ0n) is 6.37. The average Bonchev–Trinajstić information content (AvgIpc) is 2.06. The van der Waals surface area contributed by atoms with Crippen molar-refractivity contribution in [1.82, 2.24) is 0 Å². The van der Waals surface area contributed by atoms with E-state index in [0.29, 0.717) is 16.5 Å². The molecule has 64 valence electrons. The van der Waals surface area contributed by atoms with Gasteiger partial charge in [0.15, 0.2) is 6.29 Å². The van der Waals surface area contributed by atoms with Crippen LogP contribution in [0, 0.1) is 0 Å². The zero-order valence-corrected chi connectivity index (χ0v) is 7.96.